The lowest BCUT2D eigenvalue weighted by Gasteiger charge is -2.28. The molecule has 7 nitrogen and oxygen atoms in total. The number of hydrogen-bond acceptors (Lipinski definition) is 5. The number of nitro groups is 1. The van der Waals surface area contributed by atoms with E-state index in [0.717, 1.165) is 6.42 Å². The number of rotatable bonds is 4. The number of nitrogens with one attached hydrogen (secondary N) is 1. The van der Waals surface area contributed by atoms with Crippen molar-refractivity contribution in [2.24, 2.45) is 7.05 Å². The van der Waals surface area contributed by atoms with E-state index in [9.17, 15) is 10.1 Å². The molecule has 1 unspecified atom stereocenters. The molecular formula is C14H24N4O3. The average Bonchev–Trinajstić information content (AvgIpc) is 2.73. The summed E-state index contributed by atoms with van der Waals surface area (Å²) in [6.07, 6.45) is 1.31. The van der Waals surface area contributed by atoms with Crippen molar-refractivity contribution in [3.8, 4) is 0 Å². The number of ether oxygens (including phenoxy) is 1. The van der Waals surface area contributed by atoms with Gasteiger partial charge < -0.3 is 10.1 Å². The summed E-state index contributed by atoms with van der Waals surface area (Å²) in [4.78, 5) is 11.0. The molecule has 1 aliphatic rings. The zero-order valence-corrected chi connectivity index (χ0v) is 13.6. The Morgan fingerprint density at radius 1 is 1.48 bits per heavy atom. The van der Waals surface area contributed by atoms with Gasteiger partial charge in [-0.25, -0.2) is 4.68 Å². The lowest BCUT2D eigenvalue weighted by Crippen LogP contribution is -2.38. The summed E-state index contributed by atoms with van der Waals surface area (Å²) >= 11 is 0. The van der Waals surface area contributed by atoms with Crippen LogP contribution in [0.4, 0.5) is 11.5 Å². The van der Waals surface area contributed by atoms with Gasteiger partial charge in [-0.1, -0.05) is 6.92 Å². The van der Waals surface area contributed by atoms with Gasteiger partial charge in [0.1, 0.15) is 5.69 Å². The summed E-state index contributed by atoms with van der Waals surface area (Å²) in [5.41, 5.74) is -0.0719. The van der Waals surface area contributed by atoms with Crippen LogP contribution in [0.2, 0.25) is 0 Å². The fourth-order valence-corrected chi connectivity index (χ4v) is 3.11. The highest BCUT2D eigenvalue weighted by atomic mass is 16.6. The molecule has 2 heterocycles. The first-order chi connectivity index (χ1) is 9.57. The van der Waals surface area contributed by atoms with Crippen LogP contribution in [0, 0.1) is 10.1 Å². The molecule has 1 N–H and O–H groups in total. The molecule has 21 heavy (non-hydrogen) atoms. The van der Waals surface area contributed by atoms with Crippen molar-refractivity contribution in [2.45, 2.75) is 64.7 Å². The third-order valence-corrected chi connectivity index (χ3v) is 3.99. The van der Waals surface area contributed by atoms with Gasteiger partial charge in [0.25, 0.3) is 0 Å². The lowest BCUT2D eigenvalue weighted by molar-refractivity contribution is -0.384. The topological polar surface area (TPSA) is 82.2 Å². The Morgan fingerprint density at radius 2 is 2.10 bits per heavy atom. The molecule has 7 heteroatoms. The summed E-state index contributed by atoms with van der Waals surface area (Å²) in [7, 11) is 1.72. The van der Waals surface area contributed by atoms with Gasteiger partial charge in [-0.15, -0.1) is 0 Å². The number of anilines is 1. The van der Waals surface area contributed by atoms with Crippen molar-refractivity contribution in [1.82, 2.24) is 9.78 Å². The van der Waals surface area contributed by atoms with Gasteiger partial charge in [0.05, 0.1) is 22.2 Å². The number of aryl methyl sites for hydroxylation is 2. The Morgan fingerprint density at radius 3 is 2.52 bits per heavy atom. The van der Waals surface area contributed by atoms with E-state index in [4.69, 9.17) is 4.74 Å². The van der Waals surface area contributed by atoms with E-state index >= 15 is 0 Å². The van der Waals surface area contributed by atoms with Gasteiger partial charge in [0.2, 0.25) is 5.82 Å². The molecule has 1 aromatic rings. The maximum atomic E-state index is 11.4. The third kappa shape index (κ3) is 2.88. The van der Waals surface area contributed by atoms with Gasteiger partial charge in [-0.2, -0.15) is 5.10 Å². The monoisotopic (exact) mass is 296 g/mol. The molecule has 118 valence electrons. The highest BCUT2D eigenvalue weighted by Gasteiger charge is 2.47. The molecule has 0 aromatic carbocycles. The van der Waals surface area contributed by atoms with Crippen molar-refractivity contribution >= 4 is 11.5 Å². The first-order valence-corrected chi connectivity index (χ1v) is 7.24. The van der Waals surface area contributed by atoms with Crippen LogP contribution >= 0.6 is 0 Å². The van der Waals surface area contributed by atoms with E-state index in [1.54, 1.807) is 11.7 Å². The van der Waals surface area contributed by atoms with Gasteiger partial charge in [-0.05, 0) is 40.5 Å². The highest BCUT2D eigenvalue weighted by Crippen LogP contribution is 2.40. The predicted molar refractivity (Wildman–Crippen MR) is 80.5 cm³/mol. The van der Waals surface area contributed by atoms with E-state index in [2.05, 4.69) is 10.4 Å². The minimum atomic E-state index is -0.395. The minimum absolute atomic E-state index is 0.00805. The smallest absolute Gasteiger partial charge is 0.333 e. The van der Waals surface area contributed by atoms with Crippen LogP contribution in [-0.2, 0) is 18.2 Å². The summed E-state index contributed by atoms with van der Waals surface area (Å²) in [6, 6.07) is -0.00805. The molecule has 1 saturated heterocycles. The Bertz CT molecular complexity index is 563. The van der Waals surface area contributed by atoms with E-state index in [1.165, 1.54) is 0 Å². The van der Waals surface area contributed by atoms with Crippen LogP contribution in [-0.4, -0.2) is 31.9 Å². The third-order valence-electron chi connectivity index (χ3n) is 3.99. The van der Waals surface area contributed by atoms with Crippen molar-refractivity contribution < 1.29 is 9.66 Å². The predicted octanol–water partition coefficient (Wildman–Crippen LogP) is 2.65. The van der Waals surface area contributed by atoms with Crippen molar-refractivity contribution in [3.63, 3.8) is 0 Å². The van der Waals surface area contributed by atoms with E-state index in [-0.39, 0.29) is 22.3 Å². The second-order valence-corrected chi connectivity index (χ2v) is 6.74. The SMILES string of the molecule is CCc1nn(C)c(NC2CC(C)(C)OC2(C)C)c1[N+](=O)[O-]. The first kappa shape index (κ1) is 15.8. The Kier molecular flexibility index (Phi) is 3.73. The fourth-order valence-electron chi connectivity index (χ4n) is 3.11. The zero-order valence-electron chi connectivity index (χ0n) is 13.6. The second kappa shape index (κ2) is 4.98. The van der Waals surface area contributed by atoms with Crippen molar-refractivity contribution in [1.29, 1.82) is 0 Å². The van der Waals surface area contributed by atoms with Crippen LogP contribution in [0.25, 0.3) is 0 Å². The molecule has 2 rings (SSSR count). The molecule has 1 aliphatic heterocycles. The summed E-state index contributed by atoms with van der Waals surface area (Å²) in [5, 5.41) is 18.9. The van der Waals surface area contributed by atoms with Crippen LogP contribution < -0.4 is 5.32 Å². The minimum Gasteiger partial charge on any atom is -0.367 e. The molecule has 0 spiro atoms. The van der Waals surface area contributed by atoms with E-state index in [1.807, 2.05) is 34.6 Å². The molecule has 1 fully saturated rings. The second-order valence-electron chi connectivity index (χ2n) is 6.74. The molecular weight excluding hydrogens is 272 g/mol. The quantitative estimate of drug-likeness (QED) is 0.682. The van der Waals surface area contributed by atoms with E-state index in [0.29, 0.717) is 17.9 Å². The van der Waals surface area contributed by atoms with Gasteiger partial charge >= 0.3 is 5.69 Å². The fraction of sp³-hybridized carbons (Fsp3) is 0.786. The van der Waals surface area contributed by atoms with Crippen molar-refractivity contribution in [2.75, 3.05) is 5.32 Å². The normalized spacial score (nSPS) is 23.2. The first-order valence-electron chi connectivity index (χ1n) is 7.24. The summed E-state index contributed by atoms with van der Waals surface area (Å²) in [6.45, 7) is 9.94. The number of aromatic nitrogens is 2. The van der Waals surface area contributed by atoms with Crippen LogP contribution in [0.1, 0.15) is 46.7 Å². The molecule has 1 aromatic heterocycles. The summed E-state index contributed by atoms with van der Waals surface area (Å²) in [5.74, 6) is 0.455. The molecule has 0 bridgehead atoms. The van der Waals surface area contributed by atoms with Crippen LogP contribution in [0.15, 0.2) is 0 Å². The van der Waals surface area contributed by atoms with E-state index < -0.39 is 5.60 Å². The largest absolute Gasteiger partial charge is 0.367 e. The summed E-state index contributed by atoms with van der Waals surface area (Å²) < 4.78 is 7.59. The standard InChI is InChI=1S/C14H24N4O3/c1-7-9-11(18(19)20)12(17(6)16-9)15-10-8-13(2,3)21-14(10,4)5/h10,15H,7-8H2,1-6H3. The van der Waals surface area contributed by atoms with Crippen LogP contribution in [0.5, 0.6) is 0 Å². The lowest BCUT2D eigenvalue weighted by atomic mass is 9.94. The van der Waals surface area contributed by atoms with Gasteiger partial charge in [0.15, 0.2) is 0 Å². The zero-order chi connectivity index (χ0) is 16.0. The molecule has 0 amide bonds. The number of nitrogens with zero attached hydrogens (tertiary/aromatic N) is 3. The average molecular weight is 296 g/mol. The van der Waals surface area contributed by atoms with Crippen LogP contribution in [0.3, 0.4) is 0 Å². The maximum Gasteiger partial charge on any atom is 0.333 e. The van der Waals surface area contributed by atoms with Gasteiger partial charge in [0, 0.05) is 7.05 Å². The van der Waals surface area contributed by atoms with Crippen molar-refractivity contribution in [3.05, 3.63) is 15.8 Å². The highest BCUT2D eigenvalue weighted by molar-refractivity contribution is 5.60. The molecule has 1 atom stereocenters. The Hall–Kier alpha value is -1.63. The molecule has 0 saturated carbocycles. The molecule has 0 radical (unpaired) electrons. The Labute approximate surface area is 124 Å². The molecule has 0 aliphatic carbocycles. The Balaban J connectivity index is 2.36. The number of hydrogen-bond donors (Lipinski definition) is 1. The maximum absolute atomic E-state index is 11.4. The van der Waals surface area contributed by atoms with Gasteiger partial charge in [-0.3, -0.25) is 10.1 Å².